The van der Waals surface area contributed by atoms with Crippen molar-refractivity contribution in [1.29, 1.82) is 0 Å². The molecular weight excluding hydrogens is 246 g/mol. The summed E-state index contributed by atoms with van der Waals surface area (Å²) in [6.45, 7) is 4.33. The third kappa shape index (κ3) is 3.95. The topological polar surface area (TPSA) is 43.1 Å². The predicted molar refractivity (Wildman–Crippen MR) is 83.8 cm³/mol. The molecule has 0 aliphatic heterocycles. The zero-order valence-corrected chi connectivity index (χ0v) is 12.1. The van der Waals surface area contributed by atoms with E-state index in [-0.39, 0.29) is 5.78 Å². The maximum absolute atomic E-state index is 12.1. The van der Waals surface area contributed by atoms with Gasteiger partial charge in [-0.3, -0.25) is 4.79 Å². The van der Waals surface area contributed by atoms with Crippen LogP contribution in [0.3, 0.4) is 0 Å². The number of ketones is 1. The molecule has 0 bridgehead atoms. The first-order valence-corrected chi connectivity index (χ1v) is 6.99. The number of hydrogen-bond donors (Lipinski definition) is 1. The molecule has 0 aliphatic carbocycles. The summed E-state index contributed by atoms with van der Waals surface area (Å²) in [5.41, 5.74) is 9.78. The smallest absolute Gasteiger partial charge is 0.141 e. The van der Waals surface area contributed by atoms with Crippen LogP contribution in [0.5, 0.6) is 0 Å². The van der Waals surface area contributed by atoms with Crippen LogP contribution in [0.4, 0.5) is 5.69 Å². The summed E-state index contributed by atoms with van der Waals surface area (Å²) < 4.78 is 0. The Labute approximate surface area is 120 Å². The number of rotatable bonds is 5. The van der Waals surface area contributed by atoms with Gasteiger partial charge in [-0.1, -0.05) is 50.2 Å². The van der Waals surface area contributed by atoms with Crippen LogP contribution >= 0.6 is 0 Å². The van der Waals surface area contributed by atoms with Gasteiger partial charge in [-0.15, -0.1) is 0 Å². The zero-order chi connectivity index (χ0) is 14.5. The molecule has 0 aliphatic rings. The minimum Gasteiger partial charge on any atom is -0.399 e. The van der Waals surface area contributed by atoms with E-state index in [2.05, 4.69) is 26.0 Å². The van der Waals surface area contributed by atoms with Gasteiger partial charge in [-0.25, -0.2) is 0 Å². The van der Waals surface area contributed by atoms with Crippen molar-refractivity contribution in [2.45, 2.75) is 32.6 Å². The van der Waals surface area contributed by atoms with Crippen molar-refractivity contribution in [3.05, 3.63) is 65.2 Å². The maximum atomic E-state index is 12.1. The molecule has 0 fully saturated rings. The zero-order valence-electron chi connectivity index (χ0n) is 12.1. The van der Waals surface area contributed by atoms with E-state index in [4.69, 9.17) is 5.73 Å². The monoisotopic (exact) mass is 267 g/mol. The largest absolute Gasteiger partial charge is 0.399 e. The molecule has 0 saturated carbocycles. The highest BCUT2D eigenvalue weighted by atomic mass is 16.1. The Morgan fingerprint density at radius 3 is 2.25 bits per heavy atom. The molecule has 0 amide bonds. The molecule has 0 atom stereocenters. The minimum absolute atomic E-state index is 0.216. The van der Waals surface area contributed by atoms with E-state index in [1.54, 1.807) is 0 Å². The highest BCUT2D eigenvalue weighted by Gasteiger charge is 2.06. The Morgan fingerprint density at radius 2 is 1.65 bits per heavy atom. The van der Waals surface area contributed by atoms with Crippen LogP contribution in [0.2, 0.25) is 0 Å². The fourth-order valence-electron chi connectivity index (χ4n) is 2.24. The van der Waals surface area contributed by atoms with Gasteiger partial charge in [0, 0.05) is 18.5 Å². The standard InChI is InChI=1S/C18H21NO/c1-13(2)16-8-6-14(7-9-16)11-18(20)12-15-4-3-5-17(19)10-15/h3-10,13H,11-12,19H2,1-2H3. The van der Waals surface area contributed by atoms with Gasteiger partial charge >= 0.3 is 0 Å². The van der Waals surface area contributed by atoms with Gasteiger partial charge in [0.1, 0.15) is 5.78 Å². The van der Waals surface area contributed by atoms with Gasteiger partial charge in [-0.05, 0) is 34.7 Å². The summed E-state index contributed by atoms with van der Waals surface area (Å²) in [7, 11) is 0. The van der Waals surface area contributed by atoms with Crippen LogP contribution in [0, 0.1) is 0 Å². The van der Waals surface area contributed by atoms with Gasteiger partial charge in [0.15, 0.2) is 0 Å². The van der Waals surface area contributed by atoms with Gasteiger partial charge in [0.25, 0.3) is 0 Å². The first-order chi connectivity index (χ1) is 9.54. The lowest BCUT2D eigenvalue weighted by molar-refractivity contribution is -0.117. The molecule has 0 heterocycles. The number of nitrogen functional groups attached to an aromatic ring is 1. The number of nitrogens with two attached hydrogens (primary N) is 1. The molecule has 2 nitrogen and oxygen atoms in total. The molecule has 104 valence electrons. The summed E-state index contributed by atoms with van der Waals surface area (Å²) in [5, 5.41) is 0. The Balaban J connectivity index is 1.97. The van der Waals surface area contributed by atoms with E-state index >= 15 is 0 Å². The molecule has 2 N–H and O–H groups in total. The fourth-order valence-corrected chi connectivity index (χ4v) is 2.24. The number of carbonyl (C=O) groups is 1. The molecule has 2 aromatic rings. The average Bonchev–Trinajstić information content (AvgIpc) is 2.39. The lowest BCUT2D eigenvalue weighted by Gasteiger charge is -2.07. The molecule has 0 aromatic heterocycles. The molecule has 0 spiro atoms. The third-order valence-corrected chi connectivity index (χ3v) is 3.40. The summed E-state index contributed by atoms with van der Waals surface area (Å²) in [6, 6.07) is 15.8. The van der Waals surface area contributed by atoms with Crippen LogP contribution in [-0.4, -0.2) is 5.78 Å². The van der Waals surface area contributed by atoms with E-state index in [9.17, 15) is 4.79 Å². The van der Waals surface area contributed by atoms with E-state index < -0.39 is 0 Å². The highest BCUT2D eigenvalue weighted by Crippen LogP contribution is 2.15. The fraction of sp³-hybridized carbons (Fsp3) is 0.278. The molecule has 20 heavy (non-hydrogen) atoms. The van der Waals surface area contributed by atoms with E-state index in [1.807, 2.05) is 36.4 Å². The second-order valence-corrected chi connectivity index (χ2v) is 5.53. The van der Waals surface area contributed by atoms with Crippen molar-refractivity contribution >= 4 is 11.5 Å². The quantitative estimate of drug-likeness (QED) is 0.838. The van der Waals surface area contributed by atoms with Crippen molar-refractivity contribution in [1.82, 2.24) is 0 Å². The molecule has 0 radical (unpaired) electrons. The number of benzene rings is 2. The number of anilines is 1. The molecule has 0 unspecified atom stereocenters. The van der Waals surface area contributed by atoms with Crippen LogP contribution < -0.4 is 5.73 Å². The Bertz CT molecular complexity index is 585. The third-order valence-electron chi connectivity index (χ3n) is 3.40. The average molecular weight is 267 g/mol. The SMILES string of the molecule is CC(C)c1ccc(CC(=O)Cc2cccc(N)c2)cc1. The number of Topliss-reactive ketones (excluding diaryl/α,β-unsaturated/α-hetero) is 1. The first kappa shape index (κ1) is 14.3. The second kappa shape index (κ2) is 6.38. The predicted octanol–water partition coefficient (Wildman–Crippen LogP) is 3.75. The summed E-state index contributed by atoms with van der Waals surface area (Å²) >= 11 is 0. The Kier molecular flexibility index (Phi) is 4.57. The normalized spacial score (nSPS) is 10.8. The second-order valence-electron chi connectivity index (χ2n) is 5.53. The van der Waals surface area contributed by atoms with Crippen molar-refractivity contribution < 1.29 is 4.79 Å². The van der Waals surface area contributed by atoms with Crippen molar-refractivity contribution in [2.24, 2.45) is 0 Å². The summed E-state index contributed by atoms with van der Waals surface area (Å²) in [5.74, 6) is 0.736. The summed E-state index contributed by atoms with van der Waals surface area (Å²) in [6.07, 6.45) is 0.921. The van der Waals surface area contributed by atoms with Gasteiger partial charge in [0.05, 0.1) is 0 Å². The van der Waals surface area contributed by atoms with Crippen LogP contribution in [0.1, 0.15) is 36.5 Å². The lowest BCUT2D eigenvalue weighted by Crippen LogP contribution is -2.07. The van der Waals surface area contributed by atoms with Crippen LogP contribution in [0.25, 0.3) is 0 Å². The van der Waals surface area contributed by atoms with E-state index in [0.29, 0.717) is 24.4 Å². The van der Waals surface area contributed by atoms with Gasteiger partial charge < -0.3 is 5.73 Å². The molecule has 0 saturated heterocycles. The highest BCUT2D eigenvalue weighted by molar-refractivity contribution is 5.83. The van der Waals surface area contributed by atoms with Crippen molar-refractivity contribution in [2.75, 3.05) is 5.73 Å². The number of carbonyl (C=O) groups excluding carboxylic acids is 1. The van der Waals surface area contributed by atoms with Crippen molar-refractivity contribution in [3.8, 4) is 0 Å². The Hall–Kier alpha value is -2.09. The molecular formula is C18H21NO. The lowest BCUT2D eigenvalue weighted by atomic mass is 9.98. The molecule has 2 aromatic carbocycles. The van der Waals surface area contributed by atoms with Crippen LogP contribution in [-0.2, 0) is 17.6 Å². The van der Waals surface area contributed by atoms with Gasteiger partial charge in [0.2, 0.25) is 0 Å². The van der Waals surface area contributed by atoms with Crippen LogP contribution in [0.15, 0.2) is 48.5 Å². The first-order valence-electron chi connectivity index (χ1n) is 6.99. The van der Waals surface area contributed by atoms with E-state index in [1.165, 1.54) is 5.56 Å². The molecule has 2 heteroatoms. The van der Waals surface area contributed by atoms with Gasteiger partial charge in [-0.2, -0.15) is 0 Å². The Morgan fingerprint density at radius 1 is 1.00 bits per heavy atom. The summed E-state index contributed by atoms with van der Waals surface area (Å²) in [4.78, 5) is 12.1. The van der Waals surface area contributed by atoms with E-state index in [0.717, 1.165) is 11.1 Å². The molecule has 2 rings (SSSR count). The maximum Gasteiger partial charge on any atom is 0.141 e. The number of hydrogen-bond acceptors (Lipinski definition) is 2. The van der Waals surface area contributed by atoms with Crippen molar-refractivity contribution in [3.63, 3.8) is 0 Å². The minimum atomic E-state index is 0.216.